The van der Waals surface area contributed by atoms with Crippen LogP contribution in [0.1, 0.15) is 17.0 Å². The van der Waals surface area contributed by atoms with Gasteiger partial charge < -0.3 is 5.73 Å². The highest BCUT2D eigenvalue weighted by Crippen LogP contribution is 2.13. The van der Waals surface area contributed by atoms with E-state index in [2.05, 4.69) is 5.10 Å². The molecule has 0 fully saturated rings. The number of benzene rings is 1. The maximum atomic E-state index is 12.3. The SMILES string of the molecule is Cc1cc(C)n(CCS(=O)(=O)c2ccc(C(N)=S)cc2)n1. The van der Waals surface area contributed by atoms with Crippen LogP contribution in [0.4, 0.5) is 0 Å². The van der Waals surface area contributed by atoms with Gasteiger partial charge in [0, 0.05) is 11.3 Å². The Morgan fingerprint density at radius 1 is 1.29 bits per heavy atom. The highest BCUT2D eigenvalue weighted by molar-refractivity contribution is 7.91. The fraction of sp³-hybridized carbons (Fsp3) is 0.286. The van der Waals surface area contributed by atoms with E-state index in [1.54, 1.807) is 16.8 Å². The van der Waals surface area contributed by atoms with Gasteiger partial charge >= 0.3 is 0 Å². The molecule has 0 bridgehead atoms. The van der Waals surface area contributed by atoms with E-state index < -0.39 is 9.84 Å². The number of nitrogens with zero attached hydrogens (tertiary/aromatic N) is 2. The van der Waals surface area contributed by atoms with Crippen molar-refractivity contribution in [3.63, 3.8) is 0 Å². The first-order valence-corrected chi connectivity index (χ1v) is 8.49. The predicted molar refractivity (Wildman–Crippen MR) is 86.1 cm³/mol. The van der Waals surface area contributed by atoms with Crippen molar-refractivity contribution in [2.75, 3.05) is 5.75 Å². The molecule has 0 spiro atoms. The van der Waals surface area contributed by atoms with Gasteiger partial charge in [0.15, 0.2) is 9.84 Å². The minimum absolute atomic E-state index is 0.00137. The van der Waals surface area contributed by atoms with Crippen molar-refractivity contribution in [3.8, 4) is 0 Å². The molecule has 5 nitrogen and oxygen atoms in total. The molecule has 1 aromatic heterocycles. The minimum atomic E-state index is -3.35. The Morgan fingerprint density at radius 3 is 2.38 bits per heavy atom. The van der Waals surface area contributed by atoms with Crippen LogP contribution in [-0.2, 0) is 16.4 Å². The van der Waals surface area contributed by atoms with Gasteiger partial charge in [-0.05, 0) is 32.0 Å². The van der Waals surface area contributed by atoms with Crippen molar-refractivity contribution in [3.05, 3.63) is 47.3 Å². The zero-order valence-electron chi connectivity index (χ0n) is 11.9. The lowest BCUT2D eigenvalue weighted by molar-refractivity contribution is 0.576. The molecule has 0 radical (unpaired) electrons. The van der Waals surface area contributed by atoms with E-state index in [4.69, 9.17) is 18.0 Å². The highest BCUT2D eigenvalue weighted by atomic mass is 32.2. The van der Waals surface area contributed by atoms with Crippen LogP contribution in [0.5, 0.6) is 0 Å². The molecular weight excluding hydrogens is 306 g/mol. The zero-order chi connectivity index (χ0) is 15.6. The molecule has 0 atom stereocenters. The molecule has 21 heavy (non-hydrogen) atoms. The Labute approximate surface area is 129 Å². The second kappa shape index (κ2) is 5.95. The van der Waals surface area contributed by atoms with Gasteiger partial charge in [0.25, 0.3) is 0 Å². The summed E-state index contributed by atoms with van der Waals surface area (Å²) in [4.78, 5) is 0.519. The largest absolute Gasteiger partial charge is 0.389 e. The topological polar surface area (TPSA) is 78.0 Å². The molecule has 0 aliphatic rings. The smallest absolute Gasteiger partial charge is 0.180 e. The number of rotatable bonds is 5. The Balaban J connectivity index is 2.14. The van der Waals surface area contributed by atoms with E-state index in [-0.39, 0.29) is 15.6 Å². The molecule has 1 aromatic carbocycles. The summed E-state index contributed by atoms with van der Waals surface area (Å²) in [6.07, 6.45) is 0. The molecule has 112 valence electrons. The second-order valence-corrected chi connectivity index (χ2v) is 7.41. The lowest BCUT2D eigenvalue weighted by Crippen LogP contribution is -2.15. The number of hydrogen-bond donors (Lipinski definition) is 1. The van der Waals surface area contributed by atoms with Crippen LogP contribution in [0.15, 0.2) is 35.2 Å². The summed E-state index contributed by atoms with van der Waals surface area (Å²) in [6.45, 7) is 4.12. The Kier molecular flexibility index (Phi) is 4.43. The molecule has 0 saturated heterocycles. The number of thiocarbonyl (C=S) groups is 1. The fourth-order valence-corrected chi connectivity index (χ4v) is 3.39. The monoisotopic (exact) mass is 323 g/mol. The summed E-state index contributed by atoms with van der Waals surface area (Å²) in [5.41, 5.74) is 7.98. The Bertz CT molecular complexity index is 762. The van der Waals surface area contributed by atoms with Crippen LogP contribution < -0.4 is 5.73 Å². The van der Waals surface area contributed by atoms with Gasteiger partial charge in [0.05, 0.1) is 22.9 Å². The molecular formula is C14H17N3O2S2. The van der Waals surface area contributed by atoms with E-state index in [9.17, 15) is 8.42 Å². The quantitative estimate of drug-likeness (QED) is 0.846. The average molecular weight is 323 g/mol. The first-order valence-electron chi connectivity index (χ1n) is 6.43. The van der Waals surface area contributed by atoms with Crippen molar-refractivity contribution in [2.24, 2.45) is 5.73 Å². The van der Waals surface area contributed by atoms with E-state index >= 15 is 0 Å². The normalized spacial score (nSPS) is 11.5. The Morgan fingerprint density at radius 2 is 1.90 bits per heavy atom. The average Bonchev–Trinajstić information content (AvgIpc) is 2.75. The number of nitrogens with two attached hydrogens (primary N) is 1. The van der Waals surface area contributed by atoms with Gasteiger partial charge in [0.1, 0.15) is 4.99 Å². The number of aryl methyl sites for hydroxylation is 3. The summed E-state index contributed by atoms with van der Waals surface area (Å²) in [7, 11) is -3.35. The minimum Gasteiger partial charge on any atom is -0.389 e. The van der Waals surface area contributed by atoms with Crippen LogP contribution in [0.2, 0.25) is 0 Å². The summed E-state index contributed by atoms with van der Waals surface area (Å²) < 4.78 is 26.3. The molecule has 2 aromatic rings. The van der Waals surface area contributed by atoms with Crippen molar-refractivity contribution in [1.29, 1.82) is 0 Å². The fourth-order valence-electron chi connectivity index (χ4n) is 2.05. The molecule has 0 amide bonds. The first kappa shape index (κ1) is 15.7. The lowest BCUT2D eigenvalue weighted by atomic mass is 10.2. The van der Waals surface area contributed by atoms with Gasteiger partial charge in [-0.3, -0.25) is 4.68 Å². The van der Waals surface area contributed by atoms with Crippen molar-refractivity contribution in [1.82, 2.24) is 9.78 Å². The van der Waals surface area contributed by atoms with Crippen molar-refractivity contribution in [2.45, 2.75) is 25.3 Å². The van der Waals surface area contributed by atoms with Gasteiger partial charge in [-0.25, -0.2) is 8.42 Å². The summed E-state index contributed by atoms with van der Waals surface area (Å²) in [5.74, 6) is 0.00137. The molecule has 1 heterocycles. The highest BCUT2D eigenvalue weighted by Gasteiger charge is 2.15. The molecule has 0 saturated carbocycles. The molecule has 0 unspecified atom stereocenters. The summed E-state index contributed by atoms with van der Waals surface area (Å²) >= 11 is 4.85. The summed E-state index contributed by atoms with van der Waals surface area (Å²) in [6, 6.07) is 8.23. The van der Waals surface area contributed by atoms with E-state index in [0.29, 0.717) is 12.1 Å². The van der Waals surface area contributed by atoms with Crippen LogP contribution >= 0.6 is 12.2 Å². The number of sulfone groups is 1. The molecule has 2 rings (SSSR count). The van der Waals surface area contributed by atoms with Crippen LogP contribution in [0.25, 0.3) is 0 Å². The van der Waals surface area contributed by atoms with Crippen LogP contribution in [0, 0.1) is 13.8 Å². The van der Waals surface area contributed by atoms with Crippen LogP contribution in [-0.4, -0.2) is 28.9 Å². The maximum Gasteiger partial charge on any atom is 0.180 e. The number of hydrogen-bond acceptors (Lipinski definition) is 4. The van der Waals surface area contributed by atoms with Gasteiger partial charge in [-0.1, -0.05) is 24.4 Å². The van der Waals surface area contributed by atoms with Crippen molar-refractivity contribution < 1.29 is 8.42 Å². The predicted octanol–water partition coefficient (Wildman–Crippen LogP) is 1.61. The van der Waals surface area contributed by atoms with Crippen molar-refractivity contribution >= 4 is 27.0 Å². The summed E-state index contributed by atoms with van der Waals surface area (Å²) in [5, 5.41) is 4.26. The molecule has 2 N–H and O–H groups in total. The first-order chi connectivity index (χ1) is 9.79. The van der Waals surface area contributed by atoms with E-state index in [1.807, 2.05) is 19.9 Å². The number of aromatic nitrogens is 2. The van der Waals surface area contributed by atoms with Crippen LogP contribution in [0.3, 0.4) is 0 Å². The van der Waals surface area contributed by atoms with E-state index in [0.717, 1.165) is 11.4 Å². The molecule has 7 heteroatoms. The second-order valence-electron chi connectivity index (χ2n) is 4.86. The van der Waals surface area contributed by atoms with Gasteiger partial charge in [-0.2, -0.15) is 5.10 Å². The maximum absolute atomic E-state index is 12.3. The lowest BCUT2D eigenvalue weighted by Gasteiger charge is -2.07. The van der Waals surface area contributed by atoms with E-state index in [1.165, 1.54) is 12.1 Å². The standard InChI is InChI=1S/C14H17N3O2S2/c1-10-9-11(2)17(16-10)7-8-21(18,19)13-5-3-12(4-6-13)14(15)20/h3-6,9H,7-8H2,1-2H3,(H2,15,20). The zero-order valence-corrected chi connectivity index (χ0v) is 13.5. The van der Waals surface area contributed by atoms with Gasteiger partial charge in [0.2, 0.25) is 0 Å². The third-order valence-corrected chi connectivity index (χ3v) is 5.12. The third kappa shape index (κ3) is 3.68. The third-order valence-electron chi connectivity index (χ3n) is 3.17. The molecule has 0 aliphatic carbocycles. The Hall–Kier alpha value is -1.73. The van der Waals surface area contributed by atoms with Gasteiger partial charge in [-0.15, -0.1) is 0 Å². The molecule has 0 aliphatic heterocycles.